The van der Waals surface area contributed by atoms with Gasteiger partial charge in [0.1, 0.15) is 5.82 Å². The molecule has 0 saturated carbocycles. The zero-order chi connectivity index (χ0) is 14.3. The van der Waals surface area contributed by atoms with E-state index in [0.717, 1.165) is 18.9 Å². The van der Waals surface area contributed by atoms with E-state index in [0.29, 0.717) is 5.69 Å². The first-order valence-electron chi connectivity index (χ1n) is 6.39. The van der Waals surface area contributed by atoms with Gasteiger partial charge in [0.05, 0.1) is 11.9 Å². The molecule has 1 aromatic heterocycles. The van der Waals surface area contributed by atoms with Gasteiger partial charge >= 0.3 is 6.03 Å². The van der Waals surface area contributed by atoms with Crippen molar-refractivity contribution in [2.75, 3.05) is 37.8 Å². The van der Waals surface area contributed by atoms with Gasteiger partial charge in [-0.15, -0.1) is 0 Å². The van der Waals surface area contributed by atoms with Crippen LogP contribution < -0.4 is 16.0 Å². The largest absolute Gasteiger partial charge is 0.369 e. The van der Waals surface area contributed by atoms with Gasteiger partial charge in [0.15, 0.2) is 0 Å². The topological polar surface area (TPSA) is 69.3 Å². The Morgan fingerprint density at radius 1 is 1.37 bits per heavy atom. The summed E-state index contributed by atoms with van der Waals surface area (Å²) in [6.07, 6.45) is 1.64. The quantitative estimate of drug-likeness (QED) is 0.730. The highest BCUT2D eigenvalue weighted by Gasteiger charge is 2.03. The van der Waals surface area contributed by atoms with Crippen LogP contribution in [-0.2, 0) is 0 Å². The van der Waals surface area contributed by atoms with Crippen LogP contribution in [0.3, 0.4) is 0 Å². The molecular weight excluding hydrogens is 242 g/mol. The van der Waals surface area contributed by atoms with Crippen molar-refractivity contribution in [3.63, 3.8) is 0 Å². The summed E-state index contributed by atoms with van der Waals surface area (Å²) in [5.41, 5.74) is 0.677. The van der Waals surface area contributed by atoms with E-state index in [1.165, 1.54) is 0 Å². The van der Waals surface area contributed by atoms with Crippen molar-refractivity contribution in [2.45, 2.75) is 19.9 Å². The second-order valence-corrected chi connectivity index (χ2v) is 4.92. The van der Waals surface area contributed by atoms with Crippen molar-refractivity contribution < 1.29 is 4.79 Å². The minimum absolute atomic E-state index is 0.111. The first-order chi connectivity index (χ1) is 8.97. The molecule has 0 fully saturated rings. The molecule has 1 heterocycles. The maximum Gasteiger partial charge on any atom is 0.319 e. The third-order valence-corrected chi connectivity index (χ3v) is 2.31. The van der Waals surface area contributed by atoms with Crippen LogP contribution in [0.2, 0.25) is 0 Å². The third kappa shape index (κ3) is 6.61. The SMILES string of the molecule is CC(C)NC(=O)Nc1ccc(NCCN(C)C)nc1. The number of nitrogens with one attached hydrogen (secondary N) is 3. The van der Waals surface area contributed by atoms with Crippen LogP contribution in [0.4, 0.5) is 16.3 Å². The Morgan fingerprint density at radius 3 is 2.63 bits per heavy atom. The third-order valence-electron chi connectivity index (χ3n) is 2.31. The molecule has 0 bridgehead atoms. The van der Waals surface area contributed by atoms with Crippen molar-refractivity contribution >= 4 is 17.5 Å². The Kier molecular flexibility index (Phi) is 6.08. The highest BCUT2D eigenvalue weighted by molar-refractivity contribution is 5.89. The fourth-order valence-electron chi connectivity index (χ4n) is 1.41. The minimum Gasteiger partial charge on any atom is -0.369 e. The van der Waals surface area contributed by atoms with Gasteiger partial charge < -0.3 is 20.9 Å². The first kappa shape index (κ1) is 15.2. The van der Waals surface area contributed by atoms with Gasteiger partial charge in [0.25, 0.3) is 0 Å². The average molecular weight is 265 g/mol. The zero-order valence-electron chi connectivity index (χ0n) is 12.0. The van der Waals surface area contributed by atoms with E-state index < -0.39 is 0 Å². The standard InChI is InChI=1S/C13H23N5O/c1-10(2)16-13(19)17-11-5-6-12(15-9-11)14-7-8-18(3)4/h5-6,9-10H,7-8H2,1-4H3,(H,14,15)(H2,16,17,19). The number of pyridine rings is 1. The lowest BCUT2D eigenvalue weighted by Gasteiger charge is -2.12. The van der Waals surface area contributed by atoms with E-state index in [1.54, 1.807) is 6.20 Å². The molecule has 0 aliphatic heterocycles. The number of urea groups is 1. The smallest absolute Gasteiger partial charge is 0.319 e. The lowest BCUT2D eigenvalue weighted by Crippen LogP contribution is -2.34. The van der Waals surface area contributed by atoms with Gasteiger partial charge in [-0.1, -0.05) is 0 Å². The number of hydrogen-bond acceptors (Lipinski definition) is 4. The monoisotopic (exact) mass is 265 g/mol. The van der Waals surface area contributed by atoms with E-state index in [9.17, 15) is 4.79 Å². The maximum absolute atomic E-state index is 11.5. The summed E-state index contributed by atoms with van der Waals surface area (Å²) in [7, 11) is 4.05. The van der Waals surface area contributed by atoms with Crippen molar-refractivity contribution in [3.05, 3.63) is 18.3 Å². The second kappa shape index (κ2) is 7.58. The van der Waals surface area contributed by atoms with Crippen LogP contribution in [0, 0.1) is 0 Å². The lowest BCUT2D eigenvalue weighted by atomic mass is 10.4. The number of carbonyl (C=O) groups is 1. The molecule has 0 aliphatic rings. The Balaban J connectivity index is 2.41. The normalized spacial score (nSPS) is 10.6. The molecule has 0 spiro atoms. The number of carbonyl (C=O) groups excluding carboxylic acids is 1. The van der Waals surface area contributed by atoms with Crippen molar-refractivity contribution in [1.82, 2.24) is 15.2 Å². The highest BCUT2D eigenvalue weighted by Crippen LogP contribution is 2.09. The van der Waals surface area contributed by atoms with E-state index in [-0.39, 0.29) is 12.1 Å². The number of likely N-dealkylation sites (N-methyl/N-ethyl adjacent to an activating group) is 1. The molecule has 0 atom stereocenters. The predicted octanol–water partition coefficient (Wildman–Crippen LogP) is 1.58. The fraction of sp³-hybridized carbons (Fsp3) is 0.538. The van der Waals surface area contributed by atoms with Gasteiger partial charge in [-0.25, -0.2) is 9.78 Å². The van der Waals surface area contributed by atoms with Gasteiger partial charge in [0.2, 0.25) is 0 Å². The Labute approximate surface area is 114 Å². The first-order valence-corrected chi connectivity index (χ1v) is 6.39. The van der Waals surface area contributed by atoms with Gasteiger partial charge in [-0.2, -0.15) is 0 Å². The van der Waals surface area contributed by atoms with E-state index in [1.807, 2.05) is 40.1 Å². The summed E-state index contributed by atoms with van der Waals surface area (Å²) in [6.45, 7) is 5.60. The zero-order valence-corrected chi connectivity index (χ0v) is 12.0. The molecule has 6 nitrogen and oxygen atoms in total. The summed E-state index contributed by atoms with van der Waals surface area (Å²) < 4.78 is 0. The summed E-state index contributed by atoms with van der Waals surface area (Å²) in [4.78, 5) is 17.8. The number of nitrogens with zero attached hydrogens (tertiary/aromatic N) is 2. The molecule has 6 heteroatoms. The van der Waals surface area contributed by atoms with Gasteiger partial charge in [0, 0.05) is 19.1 Å². The lowest BCUT2D eigenvalue weighted by molar-refractivity contribution is 0.250. The molecule has 3 N–H and O–H groups in total. The average Bonchev–Trinajstić information content (AvgIpc) is 2.29. The van der Waals surface area contributed by atoms with Crippen molar-refractivity contribution in [1.29, 1.82) is 0 Å². The minimum atomic E-state index is -0.217. The van der Waals surface area contributed by atoms with Crippen LogP contribution in [0.5, 0.6) is 0 Å². The number of rotatable bonds is 6. The van der Waals surface area contributed by atoms with Gasteiger partial charge in [-0.3, -0.25) is 0 Å². The molecule has 0 unspecified atom stereocenters. The van der Waals surface area contributed by atoms with E-state index in [2.05, 4.69) is 25.8 Å². The number of anilines is 2. The van der Waals surface area contributed by atoms with Crippen LogP contribution in [-0.4, -0.2) is 49.1 Å². The van der Waals surface area contributed by atoms with E-state index >= 15 is 0 Å². The van der Waals surface area contributed by atoms with Crippen LogP contribution in [0.25, 0.3) is 0 Å². The second-order valence-electron chi connectivity index (χ2n) is 4.92. The molecule has 106 valence electrons. The van der Waals surface area contributed by atoms with Crippen LogP contribution >= 0.6 is 0 Å². The summed E-state index contributed by atoms with van der Waals surface area (Å²) >= 11 is 0. The molecule has 0 aromatic carbocycles. The molecule has 1 rings (SSSR count). The molecule has 0 aliphatic carbocycles. The van der Waals surface area contributed by atoms with Crippen molar-refractivity contribution in [3.8, 4) is 0 Å². The molecule has 2 amide bonds. The molecule has 0 saturated heterocycles. The summed E-state index contributed by atoms with van der Waals surface area (Å²) in [5, 5.41) is 8.69. The Morgan fingerprint density at radius 2 is 2.11 bits per heavy atom. The van der Waals surface area contributed by atoms with Crippen LogP contribution in [0.15, 0.2) is 18.3 Å². The molecule has 1 aromatic rings. The predicted molar refractivity (Wildman–Crippen MR) is 78.6 cm³/mol. The molecule has 19 heavy (non-hydrogen) atoms. The van der Waals surface area contributed by atoms with Gasteiger partial charge in [-0.05, 0) is 40.1 Å². The highest BCUT2D eigenvalue weighted by atomic mass is 16.2. The summed E-state index contributed by atoms with van der Waals surface area (Å²) in [5.74, 6) is 0.802. The number of amides is 2. The Hall–Kier alpha value is -1.82. The van der Waals surface area contributed by atoms with Crippen LogP contribution in [0.1, 0.15) is 13.8 Å². The molecular formula is C13H23N5O. The molecule has 0 radical (unpaired) electrons. The maximum atomic E-state index is 11.5. The Bertz CT molecular complexity index is 389. The summed E-state index contributed by atoms with van der Waals surface area (Å²) in [6, 6.07) is 3.57. The fourth-order valence-corrected chi connectivity index (χ4v) is 1.41. The number of aromatic nitrogens is 1. The number of hydrogen-bond donors (Lipinski definition) is 3. The van der Waals surface area contributed by atoms with Crippen molar-refractivity contribution in [2.24, 2.45) is 0 Å². The van der Waals surface area contributed by atoms with E-state index in [4.69, 9.17) is 0 Å².